The summed E-state index contributed by atoms with van der Waals surface area (Å²) in [5.74, 6) is 1.04. The van der Waals surface area contributed by atoms with E-state index in [0.717, 1.165) is 0 Å². The second-order valence-electron chi connectivity index (χ2n) is 3.71. The Morgan fingerprint density at radius 2 is 2.29 bits per heavy atom. The Morgan fingerprint density at radius 1 is 1.50 bits per heavy atom. The molecule has 0 saturated carbocycles. The zero-order valence-corrected chi connectivity index (χ0v) is 8.75. The molecule has 1 saturated heterocycles. The average molecular weight is 215 g/mol. The Kier molecular flexibility index (Phi) is 2.36. The fraction of sp³-hybridized carbons (Fsp3) is 0.556. The summed E-state index contributed by atoms with van der Waals surface area (Å²) in [5.41, 5.74) is 0. The maximum absolute atomic E-state index is 11.5. The van der Waals surface area contributed by atoms with Crippen LogP contribution in [0.2, 0.25) is 0 Å². The van der Waals surface area contributed by atoms with E-state index in [1.165, 1.54) is 0 Å². The summed E-state index contributed by atoms with van der Waals surface area (Å²) in [6.07, 6.45) is 1.56. The summed E-state index contributed by atoms with van der Waals surface area (Å²) < 4.78 is 28.2. The number of rotatable bonds is 1. The predicted octanol–water partition coefficient (Wildman–Crippen LogP) is 0.727. The molecule has 2 rings (SSSR count). The predicted molar refractivity (Wildman–Crippen MR) is 52.7 cm³/mol. The van der Waals surface area contributed by atoms with Crippen molar-refractivity contribution in [3.63, 3.8) is 0 Å². The molecule has 1 aromatic rings. The first-order chi connectivity index (χ1) is 6.57. The molecular formula is C9H13NO3S. The van der Waals surface area contributed by atoms with Gasteiger partial charge in [0, 0.05) is 6.04 Å². The Morgan fingerprint density at radius 3 is 2.86 bits per heavy atom. The highest BCUT2D eigenvalue weighted by molar-refractivity contribution is 7.91. The van der Waals surface area contributed by atoms with Crippen molar-refractivity contribution < 1.29 is 12.8 Å². The quantitative estimate of drug-likeness (QED) is 0.750. The number of hydrogen-bond donors (Lipinski definition) is 1. The van der Waals surface area contributed by atoms with Crippen LogP contribution >= 0.6 is 0 Å². The van der Waals surface area contributed by atoms with E-state index in [0.29, 0.717) is 5.76 Å². The van der Waals surface area contributed by atoms with Crippen molar-refractivity contribution in [1.82, 2.24) is 5.32 Å². The summed E-state index contributed by atoms with van der Waals surface area (Å²) in [6, 6.07) is 3.36. The smallest absolute Gasteiger partial charge is 0.153 e. The molecule has 2 unspecified atom stereocenters. The third-order valence-corrected chi connectivity index (χ3v) is 4.15. The minimum Gasteiger partial charge on any atom is -0.468 e. The molecule has 78 valence electrons. The maximum atomic E-state index is 11.5. The topological polar surface area (TPSA) is 59.3 Å². The Bertz CT molecular complexity index is 396. The van der Waals surface area contributed by atoms with E-state index in [-0.39, 0.29) is 23.6 Å². The van der Waals surface area contributed by atoms with Gasteiger partial charge in [-0.1, -0.05) is 0 Å². The lowest BCUT2D eigenvalue weighted by atomic mass is 10.2. The van der Waals surface area contributed by atoms with Crippen molar-refractivity contribution in [2.24, 2.45) is 0 Å². The lowest BCUT2D eigenvalue weighted by molar-refractivity contribution is 0.394. The molecule has 0 spiro atoms. The largest absolute Gasteiger partial charge is 0.468 e. The molecule has 0 aromatic carbocycles. The number of furan rings is 1. The first-order valence-electron chi connectivity index (χ1n) is 4.57. The van der Waals surface area contributed by atoms with Crippen LogP contribution < -0.4 is 5.32 Å². The third kappa shape index (κ3) is 1.99. The lowest BCUT2D eigenvalue weighted by Gasteiger charge is -2.27. The van der Waals surface area contributed by atoms with Gasteiger partial charge in [-0.25, -0.2) is 8.42 Å². The van der Waals surface area contributed by atoms with Crippen LogP contribution in [0.25, 0.3) is 0 Å². The van der Waals surface area contributed by atoms with E-state index in [2.05, 4.69) is 5.32 Å². The first kappa shape index (κ1) is 9.73. The van der Waals surface area contributed by atoms with E-state index >= 15 is 0 Å². The molecule has 0 radical (unpaired) electrons. The van der Waals surface area contributed by atoms with Gasteiger partial charge in [-0.05, 0) is 19.1 Å². The van der Waals surface area contributed by atoms with Crippen molar-refractivity contribution in [2.45, 2.75) is 19.0 Å². The molecule has 1 aromatic heterocycles. The molecule has 2 atom stereocenters. The molecule has 0 aliphatic carbocycles. The molecule has 2 heterocycles. The molecule has 5 heteroatoms. The van der Waals surface area contributed by atoms with Gasteiger partial charge in [0.05, 0.1) is 23.8 Å². The van der Waals surface area contributed by atoms with E-state index in [1.54, 1.807) is 18.4 Å². The summed E-state index contributed by atoms with van der Waals surface area (Å²) in [4.78, 5) is 0. The third-order valence-electron chi connectivity index (χ3n) is 2.30. The van der Waals surface area contributed by atoms with Crippen LogP contribution in [0, 0.1) is 0 Å². The van der Waals surface area contributed by atoms with Gasteiger partial charge in [-0.3, -0.25) is 0 Å². The van der Waals surface area contributed by atoms with Crippen molar-refractivity contribution in [3.05, 3.63) is 24.2 Å². The Labute approximate surface area is 83.2 Å². The molecular weight excluding hydrogens is 202 g/mol. The van der Waals surface area contributed by atoms with Crippen LogP contribution in [0.4, 0.5) is 0 Å². The highest BCUT2D eigenvalue weighted by Gasteiger charge is 2.30. The van der Waals surface area contributed by atoms with Gasteiger partial charge in [0.15, 0.2) is 9.84 Å². The van der Waals surface area contributed by atoms with E-state index < -0.39 is 9.84 Å². The van der Waals surface area contributed by atoms with Gasteiger partial charge >= 0.3 is 0 Å². The van der Waals surface area contributed by atoms with Crippen molar-refractivity contribution in [3.8, 4) is 0 Å². The molecule has 0 bridgehead atoms. The van der Waals surface area contributed by atoms with Crippen molar-refractivity contribution >= 4 is 9.84 Å². The first-order valence-corrected chi connectivity index (χ1v) is 6.39. The molecule has 1 aliphatic rings. The minimum absolute atomic E-state index is 0.0103. The molecule has 1 fully saturated rings. The van der Waals surface area contributed by atoms with Crippen LogP contribution in [0.1, 0.15) is 18.7 Å². The normalized spacial score (nSPS) is 31.5. The monoisotopic (exact) mass is 215 g/mol. The van der Waals surface area contributed by atoms with Gasteiger partial charge in [0.1, 0.15) is 5.76 Å². The zero-order valence-electron chi connectivity index (χ0n) is 7.93. The molecule has 1 N–H and O–H groups in total. The minimum atomic E-state index is -2.93. The van der Waals surface area contributed by atoms with Gasteiger partial charge in [-0.15, -0.1) is 0 Å². The number of hydrogen-bond acceptors (Lipinski definition) is 4. The second-order valence-corrected chi connectivity index (χ2v) is 5.87. The zero-order chi connectivity index (χ0) is 10.2. The van der Waals surface area contributed by atoms with Gasteiger partial charge in [-0.2, -0.15) is 0 Å². The lowest BCUT2D eigenvalue weighted by Crippen LogP contribution is -2.45. The van der Waals surface area contributed by atoms with Crippen molar-refractivity contribution in [2.75, 3.05) is 11.5 Å². The molecule has 4 nitrogen and oxygen atoms in total. The standard InChI is InChI=1S/C9H13NO3S/c1-7-5-14(11,12)6-8(10-7)9-3-2-4-13-9/h2-4,7-8,10H,5-6H2,1H3. The van der Waals surface area contributed by atoms with Gasteiger partial charge in [0.25, 0.3) is 0 Å². The summed E-state index contributed by atoms with van der Waals surface area (Å²) in [7, 11) is -2.93. The maximum Gasteiger partial charge on any atom is 0.153 e. The molecule has 0 amide bonds. The van der Waals surface area contributed by atoms with E-state index in [1.807, 2.05) is 6.92 Å². The van der Waals surface area contributed by atoms with E-state index in [4.69, 9.17) is 4.42 Å². The van der Waals surface area contributed by atoms with Crippen LogP contribution in [0.15, 0.2) is 22.8 Å². The van der Waals surface area contributed by atoms with Crippen molar-refractivity contribution in [1.29, 1.82) is 0 Å². The van der Waals surface area contributed by atoms with E-state index in [9.17, 15) is 8.42 Å². The van der Waals surface area contributed by atoms with Gasteiger partial charge < -0.3 is 9.73 Å². The second kappa shape index (κ2) is 3.40. The van der Waals surface area contributed by atoms with Crippen LogP contribution in [0.5, 0.6) is 0 Å². The van der Waals surface area contributed by atoms with Crippen LogP contribution in [-0.2, 0) is 9.84 Å². The molecule has 1 aliphatic heterocycles. The fourth-order valence-electron chi connectivity index (χ4n) is 1.80. The number of nitrogens with one attached hydrogen (secondary N) is 1. The fourth-order valence-corrected chi connectivity index (χ4v) is 3.56. The average Bonchev–Trinajstić information content (AvgIpc) is 2.51. The summed E-state index contributed by atoms with van der Waals surface area (Å²) in [5, 5.41) is 3.20. The summed E-state index contributed by atoms with van der Waals surface area (Å²) in [6.45, 7) is 1.87. The van der Waals surface area contributed by atoms with Crippen LogP contribution in [-0.4, -0.2) is 26.0 Å². The van der Waals surface area contributed by atoms with Crippen LogP contribution in [0.3, 0.4) is 0 Å². The SMILES string of the molecule is CC1CS(=O)(=O)CC(c2ccco2)N1. The van der Waals surface area contributed by atoms with Gasteiger partial charge in [0.2, 0.25) is 0 Å². The highest BCUT2D eigenvalue weighted by Crippen LogP contribution is 2.20. The molecule has 14 heavy (non-hydrogen) atoms. The highest BCUT2D eigenvalue weighted by atomic mass is 32.2. The number of sulfone groups is 1. The Hall–Kier alpha value is -0.810. The Balaban J connectivity index is 2.22. The summed E-state index contributed by atoms with van der Waals surface area (Å²) >= 11 is 0.